The second kappa shape index (κ2) is 5.45. The quantitative estimate of drug-likeness (QED) is 0.644. The first-order chi connectivity index (χ1) is 8.36. The van der Waals surface area contributed by atoms with Gasteiger partial charge in [-0.25, -0.2) is 0 Å². The van der Waals surface area contributed by atoms with Gasteiger partial charge in [-0.05, 0) is 0 Å². The van der Waals surface area contributed by atoms with Gasteiger partial charge in [-0.2, -0.15) is 0 Å². The van der Waals surface area contributed by atoms with Crippen LogP contribution in [0.1, 0.15) is 0 Å². The van der Waals surface area contributed by atoms with Gasteiger partial charge >= 0.3 is 0 Å². The van der Waals surface area contributed by atoms with Gasteiger partial charge in [-0.15, -0.1) is 0 Å². The predicted octanol–water partition coefficient (Wildman–Crippen LogP) is -0.230. The van der Waals surface area contributed by atoms with Crippen LogP contribution in [0.2, 0.25) is 0 Å². The topological polar surface area (TPSA) is 6.48 Å². The maximum Gasteiger partial charge on any atom is 0.0912 e. The van der Waals surface area contributed by atoms with E-state index in [2.05, 4.69) is 38.0 Å². The van der Waals surface area contributed by atoms with Crippen LogP contribution in [0.3, 0.4) is 0 Å². The fraction of sp³-hybridized carbons (Fsp3) is 1.00. The molecule has 0 amide bonds. The lowest BCUT2D eigenvalue weighted by Crippen LogP contribution is -2.58. The van der Waals surface area contributed by atoms with Crippen molar-refractivity contribution >= 4 is 0 Å². The van der Waals surface area contributed by atoms with Gasteiger partial charge < -0.3 is 8.97 Å². The first-order valence-corrected chi connectivity index (χ1v) is 7.45. The molecule has 0 aromatic heterocycles. The van der Waals surface area contributed by atoms with Gasteiger partial charge in [-0.1, -0.05) is 0 Å². The number of nitrogens with zero attached hydrogens (tertiary/aromatic N) is 4. The Kier molecular flexibility index (Phi) is 4.32. The van der Waals surface area contributed by atoms with Crippen LogP contribution in [0.4, 0.5) is 0 Å². The zero-order chi connectivity index (χ0) is 13.2. The van der Waals surface area contributed by atoms with E-state index in [1.165, 1.54) is 74.4 Å². The van der Waals surface area contributed by atoms with Gasteiger partial charge in [0.05, 0.1) is 54.4 Å². The van der Waals surface area contributed by atoms with E-state index < -0.39 is 0 Å². The Bertz CT molecular complexity index is 227. The molecule has 0 aromatic rings. The maximum absolute atomic E-state index is 2.65. The van der Waals surface area contributed by atoms with Crippen LogP contribution in [0.25, 0.3) is 0 Å². The molecule has 2 rings (SSSR count). The Morgan fingerprint density at radius 1 is 0.611 bits per heavy atom. The molecule has 2 aliphatic rings. The Labute approximate surface area is 113 Å². The van der Waals surface area contributed by atoms with Crippen molar-refractivity contribution < 1.29 is 8.97 Å². The summed E-state index contributed by atoms with van der Waals surface area (Å²) in [5.74, 6) is 0. The standard InChI is InChI=1S/C14H32N4/c1-17(2)11-7-15(8-12-17)5-6-16-9-13-18(3,4)14-10-16/h5-14H2,1-4H3/q+2. The number of hydrogen-bond donors (Lipinski definition) is 0. The van der Waals surface area contributed by atoms with Crippen molar-refractivity contribution in [3.8, 4) is 0 Å². The molecular formula is C14H32N4+2. The summed E-state index contributed by atoms with van der Waals surface area (Å²) in [6.07, 6.45) is 0. The molecule has 0 N–H and O–H groups in total. The highest BCUT2D eigenvalue weighted by molar-refractivity contribution is 4.68. The number of piperazine rings is 2. The maximum atomic E-state index is 2.65. The van der Waals surface area contributed by atoms with Crippen LogP contribution in [-0.4, -0.2) is 112 Å². The summed E-state index contributed by atoms with van der Waals surface area (Å²) in [7, 11) is 9.40. The molecule has 0 bridgehead atoms. The van der Waals surface area contributed by atoms with E-state index >= 15 is 0 Å². The Morgan fingerprint density at radius 3 is 1.17 bits per heavy atom. The molecule has 2 aliphatic heterocycles. The third-order valence-corrected chi connectivity index (χ3v) is 4.82. The van der Waals surface area contributed by atoms with Crippen molar-refractivity contribution in [2.75, 3.05) is 93.6 Å². The molecule has 18 heavy (non-hydrogen) atoms. The highest BCUT2D eigenvalue weighted by Gasteiger charge is 2.26. The summed E-state index contributed by atoms with van der Waals surface area (Å²) in [6, 6.07) is 0. The minimum absolute atomic E-state index is 1.20. The predicted molar refractivity (Wildman–Crippen MR) is 76.6 cm³/mol. The first-order valence-electron chi connectivity index (χ1n) is 7.45. The zero-order valence-electron chi connectivity index (χ0n) is 12.9. The van der Waals surface area contributed by atoms with E-state index in [4.69, 9.17) is 0 Å². The van der Waals surface area contributed by atoms with E-state index in [1.54, 1.807) is 0 Å². The van der Waals surface area contributed by atoms with E-state index in [1.807, 2.05) is 0 Å². The summed E-state index contributed by atoms with van der Waals surface area (Å²) in [5.41, 5.74) is 0. The van der Waals surface area contributed by atoms with Crippen LogP contribution in [-0.2, 0) is 0 Å². The molecular weight excluding hydrogens is 224 g/mol. The van der Waals surface area contributed by atoms with Crippen molar-refractivity contribution in [3.63, 3.8) is 0 Å². The summed E-state index contributed by atoms with van der Waals surface area (Å²) in [5, 5.41) is 0. The average molecular weight is 256 g/mol. The second-order valence-corrected chi connectivity index (χ2v) is 7.45. The third kappa shape index (κ3) is 4.19. The number of rotatable bonds is 3. The molecule has 0 unspecified atom stereocenters. The molecule has 0 radical (unpaired) electrons. The highest BCUT2D eigenvalue weighted by Crippen LogP contribution is 2.09. The highest BCUT2D eigenvalue weighted by atomic mass is 15.4. The molecule has 0 aliphatic carbocycles. The Morgan fingerprint density at radius 2 is 0.889 bits per heavy atom. The average Bonchev–Trinajstić information content (AvgIpc) is 2.29. The van der Waals surface area contributed by atoms with E-state index in [0.717, 1.165) is 0 Å². The number of quaternary nitrogens is 2. The molecule has 2 fully saturated rings. The SMILES string of the molecule is C[N+]1(C)CCN(CCN2CC[N+](C)(C)CC2)CC1. The van der Waals surface area contributed by atoms with Gasteiger partial charge in [0.15, 0.2) is 0 Å². The summed E-state index contributed by atoms with van der Waals surface area (Å²) in [6.45, 7) is 12.9. The number of hydrogen-bond acceptors (Lipinski definition) is 2. The van der Waals surface area contributed by atoms with Crippen molar-refractivity contribution in [2.24, 2.45) is 0 Å². The zero-order valence-corrected chi connectivity index (χ0v) is 12.9. The third-order valence-electron chi connectivity index (χ3n) is 4.82. The summed E-state index contributed by atoms with van der Waals surface area (Å²) < 4.78 is 2.40. The van der Waals surface area contributed by atoms with Gasteiger partial charge in [0.25, 0.3) is 0 Å². The largest absolute Gasteiger partial charge is 0.326 e. The minimum atomic E-state index is 1.20. The Hall–Kier alpha value is -0.160. The van der Waals surface area contributed by atoms with Gasteiger partial charge in [-0.3, -0.25) is 9.80 Å². The van der Waals surface area contributed by atoms with E-state index in [0.29, 0.717) is 0 Å². The smallest absolute Gasteiger partial charge is 0.0912 e. The van der Waals surface area contributed by atoms with Gasteiger partial charge in [0.1, 0.15) is 0 Å². The fourth-order valence-electron chi connectivity index (χ4n) is 2.83. The lowest BCUT2D eigenvalue weighted by atomic mass is 10.2. The van der Waals surface area contributed by atoms with E-state index in [-0.39, 0.29) is 0 Å². The lowest BCUT2D eigenvalue weighted by Gasteiger charge is -2.41. The minimum Gasteiger partial charge on any atom is -0.326 e. The summed E-state index contributed by atoms with van der Waals surface area (Å²) in [4.78, 5) is 5.30. The molecule has 0 saturated carbocycles. The molecule has 2 saturated heterocycles. The van der Waals surface area contributed by atoms with Crippen LogP contribution in [0.5, 0.6) is 0 Å². The molecule has 106 valence electrons. The van der Waals surface area contributed by atoms with Crippen LogP contribution >= 0.6 is 0 Å². The Balaban J connectivity index is 1.64. The lowest BCUT2D eigenvalue weighted by molar-refractivity contribution is -0.895. The molecule has 0 atom stereocenters. The van der Waals surface area contributed by atoms with Gasteiger partial charge in [0, 0.05) is 39.3 Å². The monoisotopic (exact) mass is 256 g/mol. The molecule has 0 spiro atoms. The van der Waals surface area contributed by atoms with Crippen molar-refractivity contribution in [3.05, 3.63) is 0 Å². The fourth-order valence-corrected chi connectivity index (χ4v) is 2.83. The molecule has 2 heterocycles. The van der Waals surface area contributed by atoms with Crippen molar-refractivity contribution in [1.29, 1.82) is 0 Å². The first kappa shape index (κ1) is 14.3. The van der Waals surface area contributed by atoms with Crippen LogP contribution in [0.15, 0.2) is 0 Å². The van der Waals surface area contributed by atoms with E-state index in [9.17, 15) is 0 Å². The molecule has 0 aromatic carbocycles. The molecule has 4 nitrogen and oxygen atoms in total. The van der Waals surface area contributed by atoms with Gasteiger partial charge in [0.2, 0.25) is 0 Å². The number of likely N-dealkylation sites (N-methyl/N-ethyl adjacent to an activating group) is 2. The van der Waals surface area contributed by atoms with Crippen molar-refractivity contribution in [2.45, 2.75) is 0 Å². The summed E-state index contributed by atoms with van der Waals surface area (Å²) >= 11 is 0. The van der Waals surface area contributed by atoms with Crippen molar-refractivity contribution in [1.82, 2.24) is 9.80 Å². The molecule has 4 heteroatoms. The normalized spacial score (nSPS) is 29.3. The van der Waals surface area contributed by atoms with Crippen LogP contribution in [0, 0.1) is 0 Å². The second-order valence-electron chi connectivity index (χ2n) is 7.45. The van der Waals surface area contributed by atoms with Crippen LogP contribution < -0.4 is 0 Å².